The van der Waals surface area contributed by atoms with Gasteiger partial charge in [-0.3, -0.25) is 9.78 Å². The number of fused-ring (bicyclic) bond motifs is 3. The van der Waals surface area contributed by atoms with E-state index in [0.29, 0.717) is 35.0 Å². The van der Waals surface area contributed by atoms with Crippen LogP contribution in [0.3, 0.4) is 0 Å². The molecule has 1 aliphatic carbocycles. The van der Waals surface area contributed by atoms with Crippen LogP contribution < -0.4 is 14.8 Å². The number of carbonyl (C=O) groups excluding carboxylic acids is 1. The minimum atomic E-state index is -0.537. The highest BCUT2D eigenvalue weighted by atomic mass is 35.5. The maximum absolute atomic E-state index is 13.8. The molecule has 1 N–H and O–H groups in total. The molecule has 0 atom stereocenters. The smallest absolute Gasteiger partial charge is 0.276 e. The second-order valence-electron chi connectivity index (χ2n) is 7.42. The zero-order chi connectivity index (χ0) is 23.1. The van der Waals surface area contributed by atoms with Crippen LogP contribution in [0.15, 0.2) is 54.9 Å². The van der Waals surface area contributed by atoms with Crippen molar-refractivity contribution in [2.75, 3.05) is 19.5 Å². The second-order valence-corrected chi connectivity index (χ2v) is 7.83. The fraction of sp³-hybridized carbons (Fsp3) is 0.125. The summed E-state index contributed by atoms with van der Waals surface area (Å²) in [7, 11) is 3.13. The highest BCUT2D eigenvalue weighted by Gasteiger charge is 2.32. The van der Waals surface area contributed by atoms with E-state index in [0.717, 1.165) is 16.7 Å². The lowest BCUT2D eigenvalue weighted by atomic mass is 10.1. The Bertz CT molecular complexity index is 1390. The summed E-state index contributed by atoms with van der Waals surface area (Å²) in [5.41, 5.74) is 4.58. The van der Waals surface area contributed by atoms with Gasteiger partial charge in [0.15, 0.2) is 17.2 Å². The van der Waals surface area contributed by atoms with E-state index >= 15 is 0 Å². The van der Waals surface area contributed by atoms with Gasteiger partial charge >= 0.3 is 0 Å². The van der Waals surface area contributed by atoms with E-state index in [1.807, 2.05) is 12.1 Å². The molecule has 0 spiro atoms. The molecule has 2 aromatic heterocycles. The van der Waals surface area contributed by atoms with Crippen molar-refractivity contribution in [3.05, 3.63) is 82.5 Å². The van der Waals surface area contributed by atoms with Gasteiger partial charge in [0, 0.05) is 23.7 Å². The van der Waals surface area contributed by atoms with Gasteiger partial charge in [-0.15, -0.1) is 0 Å². The van der Waals surface area contributed by atoms with Crippen molar-refractivity contribution in [1.82, 2.24) is 14.8 Å². The number of rotatable bonds is 5. The Morgan fingerprint density at radius 1 is 1.15 bits per heavy atom. The number of halogens is 2. The fourth-order valence-electron chi connectivity index (χ4n) is 3.99. The van der Waals surface area contributed by atoms with Crippen molar-refractivity contribution in [3.63, 3.8) is 0 Å². The first kappa shape index (κ1) is 21.0. The summed E-state index contributed by atoms with van der Waals surface area (Å²) in [6.45, 7) is 0. The van der Waals surface area contributed by atoms with Crippen LogP contribution in [-0.2, 0) is 6.42 Å². The van der Waals surface area contributed by atoms with E-state index in [1.165, 1.54) is 12.1 Å². The van der Waals surface area contributed by atoms with Gasteiger partial charge in [-0.25, -0.2) is 9.07 Å². The molecule has 2 heterocycles. The van der Waals surface area contributed by atoms with Crippen molar-refractivity contribution in [3.8, 4) is 28.4 Å². The molecular formula is C24H18ClFN4O3. The number of pyridine rings is 1. The number of anilines is 1. The lowest BCUT2D eigenvalue weighted by molar-refractivity contribution is 0.102. The van der Waals surface area contributed by atoms with Crippen LogP contribution in [0, 0.1) is 5.82 Å². The zero-order valence-electron chi connectivity index (χ0n) is 17.7. The van der Waals surface area contributed by atoms with Crippen LogP contribution in [0.1, 0.15) is 21.6 Å². The van der Waals surface area contributed by atoms with Gasteiger partial charge in [-0.05, 0) is 48.0 Å². The van der Waals surface area contributed by atoms with Crippen molar-refractivity contribution in [1.29, 1.82) is 0 Å². The third kappa shape index (κ3) is 3.58. The van der Waals surface area contributed by atoms with E-state index in [9.17, 15) is 9.18 Å². The second kappa shape index (κ2) is 8.22. The first-order chi connectivity index (χ1) is 16.0. The molecule has 0 saturated carbocycles. The van der Waals surface area contributed by atoms with Crippen LogP contribution in [-0.4, -0.2) is 34.9 Å². The van der Waals surface area contributed by atoms with Crippen molar-refractivity contribution in [2.24, 2.45) is 0 Å². The highest BCUT2D eigenvalue weighted by molar-refractivity contribution is 6.30. The number of carbonyl (C=O) groups is 1. The maximum atomic E-state index is 13.8. The van der Waals surface area contributed by atoms with Gasteiger partial charge in [-0.1, -0.05) is 11.6 Å². The molecule has 0 bridgehead atoms. The van der Waals surface area contributed by atoms with Crippen LogP contribution in [0.25, 0.3) is 16.9 Å². The van der Waals surface area contributed by atoms with Crippen LogP contribution in [0.4, 0.5) is 10.1 Å². The summed E-state index contributed by atoms with van der Waals surface area (Å²) in [5, 5.41) is 7.39. The fourth-order valence-corrected chi connectivity index (χ4v) is 4.16. The van der Waals surface area contributed by atoms with E-state index in [-0.39, 0.29) is 16.6 Å². The quantitative estimate of drug-likeness (QED) is 0.400. The number of nitrogens with one attached hydrogen (secondary N) is 1. The normalized spacial score (nSPS) is 11.6. The summed E-state index contributed by atoms with van der Waals surface area (Å²) in [6, 6.07) is 11.5. The van der Waals surface area contributed by atoms with Crippen LogP contribution >= 0.6 is 11.6 Å². The average molecular weight is 465 g/mol. The van der Waals surface area contributed by atoms with Gasteiger partial charge < -0.3 is 14.8 Å². The molecule has 4 aromatic rings. The average Bonchev–Trinajstić information content (AvgIpc) is 3.37. The van der Waals surface area contributed by atoms with Gasteiger partial charge in [0.25, 0.3) is 5.91 Å². The molecule has 0 radical (unpaired) electrons. The molecular weight excluding hydrogens is 447 g/mol. The molecule has 0 saturated heterocycles. The molecule has 0 fully saturated rings. The largest absolute Gasteiger partial charge is 0.493 e. The Kier molecular flexibility index (Phi) is 5.22. The van der Waals surface area contributed by atoms with E-state index in [4.69, 9.17) is 21.1 Å². The first-order valence-electron chi connectivity index (χ1n) is 10.0. The molecule has 1 aliphatic rings. The molecule has 5 rings (SSSR count). The minimum Gasteiger partial charge on any atom is -0.493 e. The van der Waals surface area contributed by atoms with E-state index in [2.05, 4.69) is 15.4 Å². The SMILES string of the molecule is COc1cc2c(cc1OC)-c1c(c(C(=O)Nc3cccnc3)nn1-c1ccc(F)c(Cl)c1)C2. The topological polar surface area (TPSA) is 78.3 Å². The molecule has 166 valence electrons. The molecule has 0 aliphatic heterocycles. The molecule has 9 heteroatoms. The van der Waals surface area contributed by atoms with E-state index < -0.39 is 5.82 Å². The number of nitrogens with zero attached hydrogens (tertiary/aromatic N) is 3. The number of hydrogen-bond acceptors (Lipinski definition) is 5. The standard InChI is InChI=1S/C24H18ClFN4O3/c1-32-20-9-13-8-17-22(24(31)28-14-4-3-7-27-12-14)29-30(15-5-6-19(26)18(25)10-15)23(17)16(13)11-21(20)33-2/h3-7,9-12H,8H2,1-2H3,(H,28,31). The molecule has 2 aromatic carbocycles. The summed E-state index contributed by atoms with van der Waals surface area (Å²) >= 11 is 6.04. The number of hydrogen-bond donors (Lipinski definition) is 1. The summed E-state index contributed by atoms with van der Waals surface area (Å²) < 4.78 is 26.4. The lowest BCUT2D eigenvalue weighted by Gasteiger charge is -2.12. The lowest BCUT2D eigenvalue weighted by Crippen LogP contribution is -2.15. The van der Waals surface area contributed by atoms with Gasteiger partial charge in [0.05, 0.1) is 42.5 Å². The number of ether oxygens (including phenoxy) is 2. The number of amides is 1. The van der Waals surface area contributed by atoms with Gasteiger partial charge in [-0.2, -0.15) is 5.10 Å². The predicted octanol–water partition coefficient (Wildman–Crippen LogP) is 4.90. The predicted molar refractivity (Wildman–Crippen MR) is 122 cm³/mol. The van der Waals surface area contributed by atoms with Crippen LogP contribution in [0.2, 0.25) is 5.02 Å². The summed E-state index contributed by atoms with van der Waals surface area (Å²) in [6.07, 6.45) is 3.65. The third-order valence-corrected chi connectivity index (χ3v) is 5.79. The third-order valence-electron chi connectivity index (χ3n) is 5.50. The molecule has 1 amide bonds. The summed E-state index contributed by atoms with van der Waals surface area (Å²) in [4.78, 5) is 17.2. The Balaban J connectivity index is 1.68. The number of benzene rings is 2. The molecule has 0 unspecified atom stereocenters. The minimum absolute atomic E-state index is 0.0383. The number of aromatic nitrogens is 3. The van der Waals surface area contributed by atoms with Gasteiger partial charge in [0.1, 0.15) is 5.82 Å². The summed E-state index contributed by atoms with van der Waals surface area (Å²) in [5.74, 6) is 0.228. The van der Waals surface area contributed by atoms with Gasteiger partial charge in [0.2, 0.25) is 0 Å². The van der Waals surface area contributed by atoms with Crippen molar-refractivity contribution >= 4 is 23.2 Å². The van der Waals surface area contributed by atoms with Crippen LogP contribution in [0.5, 0.6) is 11.5 Å². The number of methoxy groups -OCH3 is 2. The molecule has 33 heavy (non-hydrogen) atoms. The monoisotopic (exact) mass is 464 g/mol. The maximum Gasteiger partial charge on any atom is 0.276 e. The first-order valence-corrected chi connectivity index (χ1v) is 10.4. The Morgan fingerprint density at radius 2 is 1.94 bits per heavy atom. The Morgan fingerprint density at radius 3 is 2.64 bits per heavy atom. The van der Waals surface area contributed by atoms with E-state index in [1.54, 1.807) is 49.5 Å². The van der Waals surface area contributed by atoms with Crippen molar-refractivity contribution in [2.45, 2.75) is 6.42 Å². The Labute approximate surface area is 193 Å². The molecule has 7 nitrogen and oxygen atoms in total. The van der Waals surface area contributed by atoms with Crippen molar-refractivity contribution < 1.29 is 18.7 Å². The highest BCUT2D eigenvalue weighted by Crippen LogP contribution is 2.45. The Hall–Kier alpha value is -3.91. The zero-order valence-corrected chi connectivity index (χ0v) is 18.5.